The maximum atomic E-state index is 6.26. The average molecular weight is 294 g/mol. The van der Waals surface area contributed by atoms with Gasteiger partial charge >= 0.3 is 0 Å². The second-order valence-electron chi connectivity index (χ2n) is 6.22. The number of thiophene rings is 1. The Kier molecular flexibility index (Phi) is 4.46. The lowest BCUT2D eigenvalue weighted by Gasteiger charge is -2.48. The van der Waals surface area contributed by atoms with Crippen molar-refractivity contribution in [2.45, 2.75) is 63.3 Å². The summed E-state index contributed by atoms with van der Waals surface area (Å²) in [4.78, 5) is 4.17. The fraction of sp³-hybridized carbons (Fsp3) is 0.750. The van der Waals surface area contributed by atoms with E-state index in [0.29, 0.717) is 6.10 Å². The van der Waals surface area contributed by atoms with Gasteiger partial charge in [0.1, 0.15) is 0 Å². The van der Waals surface area contributed by atoms with E-state index < -0.39 is 0 Å². The fourth-order valence-corrected chi connectivity index (χ4v) is 4.17. The van der Waals surface area contributed by atoms with Crippen LogP contribution in [0.3, 0.4) is 0 Å². The summed E-state index contributed by atoms with van der Waals surface area (Å²) in [6.45, 7) is 4.91. The summed E-state index contributed by atoms with van der Waals surface area (Å²) in [6, 6.07) is 5.15. The van der Waals surface area contributed by atoms with Crippen LogP contribution in [-0.4, -0.2) is 35.7 Å². The number of rotatable bonds is 6. The van der Waals surface area contributed by atoms with Crippen LogP contribution in [0.25, 0.3) is 0 Å². The van der Waals surface area contributed by atoms with E-state index >= 15 is 0 Å². The van der Waals surface area contributed by atoms with Gasteiger partial charge in [-0.15, -0.1) is 11.3 Å². The van der Waals surface area contributed by atoms with Crippen LogP contribution in [0.5, 0.6) is 0 Å². The normalized spacial score (nSPS) is 30.9. The summed E-state index contributed by atoms with van der Waals surface area (Å²) in [5, 5.41) is 2.17. The van der Waals surface area contributed by atoms with Crippen molar-refractivity contribution in [2.75, 3.05) is 13.2 Å². The number of hydrogen-bond acceptors (Lipinski definition) is 4. The highest BCUT2D eigenvalue weighted by Gasteiger charge is 2.46. The quantitative estimate of drug-likeness (QED) is 0.876. The van der Waals surface area contributed by atoms with Crippen LogP contribution >= 0.6 is 11.3 Å². The second kappa shape index (κ2) is 6.14. The van der Waals surface area contributed by atoms with E-state index in [0.717, 1.165) is 45.0 Å². The lowest BCUT2D eigenvalue weighted by Crippen LogP contribution is -2.58. The molecule has 1 aromatic rings. The molecule has 3 nitrogen and oxygen atoms in total. The third kappa shape index (κ3) is 2.93. The van der Waals surface area contributed by atoms with Crippen LogP contribution in [0, 0.1) is 0 Å². The third-order valence-electron chi connectivity index (χ3n) is 4.87. The molecular formula is C16H26N2OS. The fourth-order valence-electron chi connectivity index (χ4n) is 3.47. The van der Waals surface area contributed by atoms with E-state index in [4.69, 9.17) is 10.5 Å². The molecule has 0 aromatic carbocycles. The first-order valence-corrected chi connectivity index (χ1v) is 8.76. The summed E-state index contributed by atoms with van der Waals surface area (Å²) in [6.07, 6.45) is 6.34. The highest BCUT2D eigenvalue weighted by Crippen LogP contribution is 2.40. The summed E-state index contributed by atoms with van der Waals surface area (Å²) < 4.78 is 5.89. The summed E-state index contributed by atoms with van der Waals surface area (Å²) in [7, 11) is 0. The van der Waals surface area contributed by atoms with E-state index in [1.807, 2.05) is 11.3 Å². The molecule has 1 aromatic heterocycles. The van der Waals surface area contributed by atoms with Crippen molar-refractivity contribution in [1.29, 1.82) is 0 Å². The molecule has 1 aliphatic heterocycles. The number of hydrogen-bond donors (Lipinski definition) is 1. The van der Waals surface area contributed by atoms with Crippen LogP contribution in [0.15, 0.2) is 17.5 Å². The van der Waals surface area contributed by atoms with Crippen LogP contribution in [0.1, 0.15) is 43.9 Å². The molecule has 112 valence electrons. The van der Waals surface area contributed by atoms with Gasteiger partial charge in [0.2, 0.25) is 0 Å². The molecule has 1 aliphatic carbocycles. The maximum absolute atomic E-state index is 6.26. The second-order valence-corrected chi connectivity index (χ2v) is 7.25. The minimum atomic E-state index is 0.157. The predicted molar refractivity (Wildman–Crippen MR) is 83.9 cm³/mol. The highest BCUT2D eigenvalue weighted by molar-refractivity contribution is 7.09. The lowest BCUT2D eigenvalue weighted by atomic mass is 9.83. The van der Waals surface area contributed by atoms with E-state index in [1.165, 1.54) is 17.7 Å². The summed E-state index contributed by atoms with van der Waals surface area (Å²) >= 11 is 1.86. The molecule has 2 aliphatic rings. The minimum absolute atomic E-state index is 0.157. The zero-order chi connectivity index (χ0) is 14.0. The molecule has 1 saturated carbocycles. The first-order chi connectivity index (χ1) is 9.77. The topological polar surface area (TPSA) is 38.5 Å². The molecule has 2 heterocycles. The molecule has 2 unspecified atom stereocenters. The van der Waals surface area contributed by atoms with Gasteiger partial charge in [-0.1, -0.05) is 13.0 Å². The average Bonchev–Trinajstić information content (AvgIpc) is 3.20. The zero-order valence-electron chi connectivity index (χ0n) is 12.4. The van der Waals surface area contributed by atoms with Crippen molar-refractivity contribution in [3.05, 3.63) is 22.4 Å². The Labute approximate surface area is 126 Å². The Balaban J connectivity index is 1.79. The van der Waals surface area contributed by atoms with Crippen LogP contribution in [0.2, 0.25) is 0 Å². The lowest BCUT2D eigenvalue weighted by molar-refractivity contribution is -0.0775. The predicted octanol–water partition coefficient (Wildman–Crippen LogP) is 3.00. The van der Waals surface area contributed by atoms with Crippen molar-refractivity contribution in [3.63, 3.8) is 0 Å². The van der Waals surface area contributed by atoms with Gasteiger partial charge in [-0.05, 0) is 43.6 Å². The standard InChI is InChI=1S/C16H26N2OS/c1-2-14-10-16(12-17,7-8-19-14)18(13-5-6-13)11-15-4-3-9-20-15/h3-4,9,13-14H,2,5-8,10-12,17H2,1H3. The minimum Gasteiger partial charge on any atom is -0.378 e. The van der Waals surface area contributed by atoms with Crippen molar-refractivity contribution < 1.29 is 4.74 Å². The van der Waals surface area contributed by atoms with Crippen molar-refractivity contribution in [3.8, 4) is 0 Å². The van der Waals surface area contributed by atoms with Crippen LogP contribution < -0.4 is 5.73 Å². The molecule has 20 heavy (non-hydrogen) atoms. The third-order valence-corrected chi connectivity index (χ3v) is 5.73. The Morgan fingerprint density at radius 1 is 1.50 bits per heavy atom. The Morgan fingerprint density at radius 2 is 2.35 bits per heavy atom. The van der Waals surface area contributed by atoms with E-state index in [-0.39, 0.29) is 5.54 Å². The van der Waals surface area contributed by atoms with E-state index in [9.17, 15) is 0 Å². The molecule has 4 heteroatoms. The Hall–Kier alpha value is -0.420. The Morgan fingerprint density at radius 3 is 2.95 bits per heavy atom. The SMILES string of the molecule is CCC1CC(CN)(N(Cc2cccs2)C2CC2)CCO1. The number of ether oxygens (including phenoxy) is 1. The summed E-state index contributed by atoms with van der Waals surface area (Å²) in [5.41, 5.74) is 6.41. The van der Waals surface area contributed by atoms with Crippen molar-refractivity contribution in [1.82, 2.24) is 4.90 Å². The molecule has 0 radical (unpaired) electrons. The molecule has 0 amide bonds. The van der Waals surface area contributed by atoms with Crippen molar-refractivity contribution in [2.24, 2.45) is 5.73 Å². The van der Waals surface area contributed by atoms with Gasteiger partial charge in [0.05, 0.1) is 6.10 Å². The van der Waals surface area contributed by atoms with Gasteiger partial charge in [0.15, 0.2) is 0 Å². The van der Waals surface area contributed by atoms with Crippen molar-refractivity contribution >= 4 is 11.3 Å². The van der Waals surface area contributed by atoms with E-state index in [2.05, 4.69) is 29.3 Å². The number of nitrogens with two attached hydrogens (primary N) is 1. The largest absolute Gasteiger partial charge is 0.378 e. The smallest absolute Gasteiger partial charge is 0.0590 e. The molecule has 2 N–H and O–H groups in total. The maximum Gasteiger partial charge on any atom is 0.0590 e. The van der Waals surface area contributed by atoms with Gasteiger partial charge in [0.25, 0.3) is 0 Å². The van der Waals surface area contributed by atoms with Crippen LogP contribution in [-0.2, 0) is 11.3 Å². The monoisotopic (exact) mass is 294 g/mol. The van der Waals surface area contributed by atoms with Gasteiger partial charge < -0.3 is 10.5 Å². The summed E-state index contributed by atoms with van der Waals surface area (Å²) in [5.74, 6) is 0. The molecule has 1 saturated heterocycles. The first kappa shape index (κ1) is 14.5. The van der Waals surface area contributed by atoms with Crippen LogP contribution in [0.4, 0.5) is 0 Å². The molecule has 0 bridgehead atoms. The number of nitrogens with zero attached hydrogens (tertiary/aromatic N) is 1. The van der Waals surface area contributed by atoms with Gasteiger partial charge in [-0.25, -0.2) is 0 Å². The molecular weight excluding hydrogens is 268 g/mol. The highest BCUT2D eigenvalue weighted by atomic mass is 32.1. The van der Waals surface area contributed by atoms with Gasteiger partial charge in [-0.2, -0.15) is 0 Å². The molecule has 0 spiro atoms. The van der Waals surface area contributed by atoms with Gasteiger partial charge in [0, 0.05) is 36.2 Å². The molecule has 3 rings (SSSR count). The zero-order valence-corrected chi connectivity index (χ0v) is 13.2. The molecule has 2 atom stereocenters. The Bertz CT molecular complexity index is 418. The van der Waals surface area contributed by atoms with E-state index in [1.54, 1.807) is 0 Å². The van der Waals surface area contributed by atoms with Gasteiger partial charge in [-0.3, -0.25) is 4.90 Å². The molecule has 2 fully saturated rings. The first-order valence-electron chi connectivity index (χ1n) is 7.88.